The average Bonchev–Trinajstić information content (AvgIpc) is 3.23. The minimum absolute atomic E-state index is 0.0314. The van der Waals surface area contributed by atoms with E-state index in [1.165, 1.54) is 0 Å². The zero-order valence-corrected chi connectivity index (χ0v) is 18.4. The first-order valence-corrected chi connectivity index (χ1v) is 10.0. The summed E-state index contributed by atoms with van der Waals surface area (Å²) < 4.78 is 7.15. The number of aryl methyl sites for hydroxylation is 1. The summed E-state index contributed by atoms with van der Waals surface area (Å²) in [6.07, 6.45) is -0.646. The van der Waals surface area contributed by atoms with Crippen molar-refractivity contribution in [2.75, 3.05) is 20.7 Å². The third-order valence-corrected chi connectivity index (χ3v) is 5.01. The van der Waals surface area contributed by atoms with Gasteiger partial charge < -0.3 is 15.2 Å². The lowest BCUT2D eigenvalue weighted by Crippen LogP contribution is -2.37. The van der Waals surface area contributed by atoms with E-state index in [1.807, 2.05) is 63.2 Å². The Morgan fingerprint density at radius 1 is 1.16 bits per heavy atom. The van der Waals surface area contributed by atoms with Crippen molar-refractivity contribution in [1.82, 2.24) is 30.4 Å². The van der Waals surface area contributed by atoms with E-state index in [4.69, 9.17) is 9.84 Å². The number of nitrogens with one attached hydrogen (secondary N) is 1. The van der Waals surface area contributed by atoms with Gasteiger partial charge >= 0.3 is 6.09 Å². The van der Waals surface area contributed by atoms with Gasteiger partial charge in [0.1, 0.15) is 5.75 Å². The molecule has 0 aliphatic rings. The fourth-order valence-electron chi connectivity index (χ4n) is 2.93. The second kappa shape index (κ2) is 9.67. The summed E-state index contributed by atoms with van der Waals surface area (Å²) >= 11 is 0. The van der Waals surface area contributed by atoms with Crippen LogP contribution in [0.3, 0.4) is 0 Å². The first kappa shape index (κ1) is 22.4. The maximum absolute atomic E-state index is 12.2. The van der Waals surface area contributed by atoms with Crippen LogP contribution in [0.2, 0.25) is 0 Å². The third kappa shape index (κ3) is 5.44. The fraction of sp³-hybridized carbons (Fsp3) is 0.364. The third-order valence-electron chi connectivity index (χ3n) is 5.01. The van der Waals surface area contributed by atoms with Crippen LogP contribution in [0, 0.1) is 6.92 Å². The van der Waals surface area contributed by atoms with Crippen molar-refractivity contribution in [3.8, 4) is 22.6 Å². The van der Waals surface area contributed by atoms with E-state index < -0.39 is 12.1 Å². The number of aliphatic hydroxyl groups is 1. The number of aliphatic hydroxyl groups excluding tert-OH is 1. The van der Waals surface area contributed by atoms with Crippen molar-refractivity contribution in [2.24, 2.45) is 0 Å². The second-order valence-corrected chi connectivity index (χ2v) is 7.79. The van der Waals surface area contributed by atoms with Gasteiger partial charge in [0.2, 0.25) is 0 Å². The molecule has 2 atom stereocenters. The fourth-order valence-corrected chi connectivity index (χ4v) is 2.93. The summed E-state index contributed by atoms with van der Waals surface area (Å²) in [6, 6.07) is 13.1. The van der Waals surface area contributed by atoms with Crippen molar-refractivity contribution in [2.45, 2.75) is 32.9 Å². The van der Waals surface area contributed by atoms with Crippen LogP contribution in [0.5, 0.6) is 5.75 Å². The van der Waals surface area contributed by atoms with Crippen molar-refractivity contribution < 1.29 is 14.6 Å². The molecule has 2 aromatic carbocycles. The molecule has 0 bridgehead atoms. The lowest BCUT2D eigenvalue weighted by atomic mass is 10.0. The summed E-state index contributed by atoms with van der Waals surface area (Å²) in [4.78, 5) is 14.2. The largest absolute Gasteiger partial charge is 0.412 e. The van der Waals surface area contributed by atoms with Gasteiger partial charge in [0.25, 0.3) is 0 Å². The number of carbonyl (C=O) groups is 1. The quantitative estimate of drug-likeness (QED) is 0.601. The molecule has 2 N–H and O–H groups in total. The number of ether oxygens (including phenoxy) is 1. The summed E-state index contributed by atoms with van der Waals surface area (Å²) in [5.74, 6) is 1.00. The van der Waals surface area contributed by atoms with Crippen LogP contribution >= 0.6 is 0 Å². The van der Waals surface area contributed by atoms with Crippen LogP contribution in [0.25, 0.3) is 16.8 Å². The van der Waals surface area contributed by atoms with Crippen LogP contribution in [0.15, 0.2) is 42.5 Å². The molecule has 9 heteroatoms. The highest BCUT2D eigenvalue weighted by Crippen LogP contribution is 2.29. The molecular formula is C22H28N6O3. The predicted molar refractivity (Wildman–Crippen MR) is 117 cm³/mol. The van der Waals surface area contributed by atoms with E-state index in [9.17, 15) is 4.79 Å². The minimum Gasteiger partial charge on any atom is -0.410 e. The molecule has 0 aliphatic heterocycles. The molecule has 0 saturated heterocycles. The molecule has 9 nitrogen and oxygen atoms in total. The van der Waals surface area contributed by atoms with Crippen LogP contribution in [-0.2, 0) is 0 Å². The molecule has 3 rings (SSSR count). The Labute approximate surface area is 181 Å². The Hall–Kier alpha value is -3.30. The Bertz CT molecular complexity index is 1030. The number of hydrogen-bond acceptors (Lipinski definition) is 7. The summed E-state index contributed by atoms with van der Waals surface area (Å²) in [6.45, 7) is 5.54. The van der Waals surface area contributed by atoms with E-state index in [0.717, 1.165) is 16.7 Å². The Morgan fingerprint density at radius 3 is 2.52 bits per heavy atom. The molecule has 0 fully saturated rings. The number of carbonyl (C=O) groups excluding carboxylic acids is 1. The van der Waals surface area contributed by atoms with Gasteiger partial charge in [-0.1, -0.05) is 29.8 Å². The van der Waals surface area contributed by atoms with E-state index in [2.05, 4.69) is 20.8 Å². The molecule has 0 spiro atoms. The van der Waals surface area contributed by atoms with E-state index in [1.54, 1.807) is 23.7 Å². The normalized spacial score (nSPS) is 13.1. The number of rotatable bonds is 7. The van der Waals surface area contributed by atoms with Gasteiger partial charge in [0.15, 0.2) is 5.82 Å². The highest BCUT2D eigenvalue weighted by molar-refractivity contribution is 5.74. The Kier molecular flexibility index (Phi) is 6.98. The number of nitrogens with zero attached hydrogens (tertiary/aromatic N) is 5. The highest BCUT2D eigenvalue weighted by atomic mass is 16.6. The van der Waals surface area contributed by atoms with Crippen molar-refractivity contribution in [3.05, 3.63) is 53.9 Å². The molecule has 1 aromatic heterocycles. The van der Waals surface area contributed by atoms with Gasteiger partial charge in [-0.2, -0.15) is 4.68 Å². The minimum atomic E-state index is -0.646. The number of amides is 1. The topological polar surface area (TPSA) is 105 Å². The molecule has 1 heterocycles. The van der Waals surface area contributed by atoms with Crippen molar-refractivity contribution in [3.63, 3.8) is 0 Å². The van der Waals surface area contributed by atoms with Crippen LogP contribution in [-0.4, -0.2) is 63.1 Å². The maximum Gasteiger partial charge on any atom is 0.412 e. The van der Waals surface area contributed by atoms with Crippen LogP contribution in [0.4, 0.5) is 4.79 Å². The molecular weight excluding hydrogens is 396 g/mol. The zero-order valence-electron chi connectivity index (χ0n) is 18.4. The van der Waals surface area contributed by atoms with Gasteiger partial charge in [-0.05, 0) is 68.6 Å². The molecule has 3 aromatic rings. The molecule has 0 radical (unpaired) electrons. The van der Waals surface area contributed by atoms with Gasteiger partial charge in [-0.3, -0.25) is 4.90 Å². The highest BCUT2D eigenvalue weighted by Gasteiger charge is 2.19. The summed E-state index contributed by atoms with van der Waals surface area (Å²) in [5.41, 5.74) is 3.65. The molecule has 1 unspecified atom stereocenters. The van der Waals surface area contributed by atoms with E-state index in [-0.39, 0.29) is 12.6 Å². The summed E-state index contributed by atoms with van der Waals surface area (Å²) in [7, 11) is 3.90. The number of tetrazole rings is 1. The van der Waals surface area contributed by atoms with Gasteiger partial charge in [0, 0.05) is 6.07 Å². The van der Waals surface area contributed by atoms with Crippen molar-refractivity contribution in [1.29, 1.82) is 0 Å². The zero-order chi connectivity index (χ0) is 22.5. The Balaban J connectivity index is 2.05. The van der Waals surface area contributed by atoms with Crippen LogP contribution < -0.4 is 10.1 Å². The van der Waals surface area contributed by atoms with E-state index in [0.29, 0.717) is 17.3 Å². The lowest BCUT2D eigenvalue weighted by molar-refractivity contribution is 0.186. The van der Waals surface area contributed by atoms with Crippen molar-refractivity contribution >= 4 is 6.09 Å². The molecule has 164 valence electrons. The summed E-state index contributed by atoms with van der Waals surface area (Å²) in [5, 5.41) is 23.9. The SMILES string of the molecule is Cc1ccc(-c2cc(OC(=O)N[C@@H](C)CO)cc(-n3nnnc3C(C)N(C)C)c2)cc1. The molecule has 0 saturated carbocycles. The number of hydrogen-bond donors (Lipinski definition) is 2. The standard InChI is InChI=1S/C22H28N6O3/c1-14-6-8-17(9-7-14)18-10-19(28-21(24-25-26-28)16(3)27(4)5)12-20(11-18)31-22(30)23-15(2)13-29/h6-12,15-16,29H,13H2,1-5H3,(H,23,30)/t15-,16?/m0/s1. The Morgan fingerprint density at radius 2 is 1.87 bits per heavy atom. The monoisotopic (exact) mass is 424 g/mol. The van der Waals surface area contributed by atoms with Crippen LogP contribution in [0.1, 0.15) is 31.3 Å². The molecule has 31 heavy (non-hydrogen) atoms. The number of benzene rings is 2. The number of aromatic nitrogens is 4. The molecule has 0 aliphatic carbocycles. The molecule has 1 amide bonds. The second-order valence-electron chi connectivity index (χ2n) is 7.79. The predicted octanol–water partition coefficient (Wildman–Crippen LogP) is 2.73. The smallest absolute Gasteiger partial charge is 0.410 e. The first-order chi connectivity index (χ1) is 14.8. The van der Waals surface area contributed by atoms with Gasteiger partial charge in [0.05, 0.1) is 24.4 Å². The van der Waals surface area contributed by atoms with E-state index >= 15 is 0 Å². The maximum atomic E-state index is 12.2. The first-order valence-electron chi connectivity index (χ1n) is 10.0. The average molecular weight is 425 g/mol. The lowest BCUT2D eigenvalue weighted by Gasteiger charge is -2.19. The van der Waals surface area contributed by atoms with Gasteiger partial charge in [-0.15, -0.1) is 5.10 Å². The van der Waals surface area contributed by atoms with Gasteiger partial charge in [-0.25, -0.2) is 4.79 Å².